The van der Waals surface area contributed by atoms with Crippen molar-refractivity contribution in [2.75, 3.05) is 13.7 Å². The Labute approximate surface area is 177 Å². The highest BCUT2D eigenvalue weighted by molar-refractivity contribution is 8.18. The van der Waals surface area contributed by atoms with Gasteiger partial charge in [0.15, 0.2) is 11.5 Å². The van der Waals surface area contributed by atoms with Crippen molar-refractivity contribution in [3.63, 3.8) is 0 Å². The molecule has 2 aromatic carbocycles. The molecule has 0 spiro atoms. The summed E-state index contributed by atoms with van der Waals surface area (Å²) in [6.07, 6.45) is 1.64. The molecule has 0 N–H and O–H groups in total. The lowest BCUT2D eigenvalue weighted by Gasteiger charge is -2.14. The third-order valence-corrected chi connectivity index (χ3v) is 5.59. The van der Waals surface area contributed by atoms with E-state index in [1.54, 1.807) is 49.4 Å². The monoisotopic (exact) mass is 437 g/mol. The quantitative estimate of drug-likeness (QED) is 0.547. The number of imide groups is 1. The van der Waals surface area contributed by atoms with Crippen molar-refractivity contribution in [1.82, 2.24) is 4.90 Å². The van der Waals surface area contributed by atoms with E-state index in [1.807, 2.05) is 0 Å². The van der Waals surface area contributed by atoms with E-state index in [1.165, 1.54) is 12.0 Å². The second kappa shape index (κ2) is 8.90. The number of carbonyl (C=O) groups is 2. The van der Waals surface area contributed by atoms with E-state index in [0.29, 0.717) is 38.6 Å². The number of likely N-dealkylation sites (N-methyl/N-ethyl adjacent to an activating group) is 1. The Balaban J connectivity index is 1.92. The Hall–Kier alpha value is -2.15. The van der Waals surface area contributed by atoms with Crippen LogP contribution in [-0.4, -0.2) is 29.7 Å². The molecule has 1 aliphatic heterocycles. The summed E-state index contributed by atoms with van der Waals surface area (Å²) in [6, 6.07) is 10.5. The summed E-state index contributed by atoms with van der Waals surface area (Å²) in [6.45, 7) is 2.28. The van der Waals surface area contributed by atoms with Crippen molar-refractivity contribution >= 4 is 52.2 Å². The molecule has 0 aromatic heterocycles. The minimum Gasteiger partial charge on any atom is -0.493 e. The topological polar surface area (TPSA) is 55.8 Å². The molecule has 0 bridgehead atoms. The number of carbonyl (C=O) groups excluding carboxylic acids is 2. The SMILES string of the molecule is CCN1C(=O)S/C(=C/c2cccc(OC)c2OCc2ccc(Cl)cc2Cl)C1=O. The molecule has 0 saturated carbocycles. The Bertz CT molecular complexity index is 961. The summed E-state index contributed by atoms with van der Waals surface area (Å²) in [7, 11) is 1.53. The number of hydrogen-bond donors (Lipinski definition) is 0. The smallest absolute Gasteiger partial charge is 0.293 e. The molecule has 1 saturated heterocycles. The highest BCUT2D eigenvalue weighted by Crippen LogP contribution is 2.38. The van der Waals surface area contributed by atoms with Gasteiger partial charge in [0.1, 0.15) is 6.61 Å². The van der Waals surface area contributed by atoms with Crippen LogP contribution in [0.1, 0.15) is 18.1 Å². The van der Waals surface area contributed by atoms with Crippen LogP contribution in [0.2, 0.25) is 10.0 Å². The molecule has 2 aromatic rings. The van der Waals surface area contributed by atoms with Gasteiger partial charge < -0.3 is 9.47 Å². The second-order valence-electron chi connectivity index (χ2n) is 5.83. The number of nitrogens with zero attached hydrogens (tertiary/aromatic N) is 1. The van der Waals surface area contributed by atoms with Gasteiger partial charge in [-0.1, -0.05) is 41.4 Å². The molecule has 0 atom stereocenters. The van der Waals surface area contributed by atoms with Gasteiger partial charge in [0.05, 0.1) is 12.0 Å². The third-order valence-electron chi connectivity index (χ3n) is 4.09. The zero-order valence-electron chi connectivity index (χ0n) is 15.2. The maximum atomic E-state index is 12.4. The molecule has 28 heavy (non-hydrogen) atoms. The molecule has 1 heterocycles. The average molecular weight is 438 g/mol. The maximum Gasteiger partial charge on any atom is 0.293 e. The van der Waals surface area contributed by atoms with E-state index in [4.69, 9.17) is 32.7 Å². The van der Waals surface area contributed by atoms with Crippen molar-refractivity contribution in [2.24, 2.45) is 0 Å². The molecule has 5 nitrogen and oxygen atoms in total. The lowest BCUT2D eigenvalue weighted by atomic mass is 10.1. The van der Waals surface area contributed by atoms with Crippen LogP contribution in [0.5, 0.6) is 11.5 Å². The van der Waals surface area contributed by atoms with E-state index in [0.717, 1.165) is 17.3 Å². The molecule has 3 rings (SSSR count). The van der Waals surface area contributed by atoms with Crippen molar-refractivity contribution in [1.29, 1.82) is 0 Å². The van der Waals surface area contributed by atoms with Crippen LogP contribution in [0.3, 0.4) is 0 Å². The number of amides is 2. The fourth-order valence-corrected chi connectivity index (χ4v) is 4.02. The lowest BCUT2D eigenvalue weighted by Crippen LogP contribution is -2.27. The van der Waals surface area contributed by atoms with Gasteiger partial charge in [-0.05, 0) is 43.0 Å². The molecule has 1 fully saturated rings. The van der Waals surface area contributed by atoms with Gasteiger partial charge >= 0.3 is 0 Å². The van der Waals surface area contributed by atoms with Crippen LogP contribution in [0.15, 0.2) is 41.3 Å². The first-order valence-corrected chi connectivity index (χ1v) is 10.0. The summed E-state index contributed by atoms with van der Waals surface area (Å²) in [4.78, 5) is 25.9. The van der Waals surface area contributed by atoms with Gasteiger partial charge in [-0.25, -0.2) is 0 Å². The van der Waals surface area contributed by atoms with Crippen LogP contribution < -0.4 is 9.47 Å². The number of hydrogen-bond acceptors (Lipinski definition) is 5. The van der Waals surface area contributed by atoms with Crippen LogP contribution in [0.25, 0.3) is 6.08 Å². The Kier molecular flexibility index (Phi) is 6.54. The van der Waals surface area contributed by atoms with Crippen molar-refractivity contribution in [3.8, 4) is 11.5 Å². The highest BCUT2D eigenvalue weighted by atomic mass is 35.5. The predicted octanol–water partition coefficient (Wildman–Crippen LogP) is 5.64. The molecular formula is C20H17Cl2NO4S. The first-order valence-electron chi connectivity index (χ1n) is 8.43. The van der Waals surface area contributed by atoms with E-state index in [-0.39, 0.29) is 17.8 Å². The first-order chi connectivity index (χ1) is 13.4. The van der Waals surface area contributed by atoms with E-state index < -0.39 is 0 Å². The summed E-state index contributed by atoms with van der Waals surface area (Å²) in [5.41, 5.74) is 1.39. The van der Waals surface area contributed by atoms with Gasteiger partial charge in [0.2, 0.25) is 0 Å². The maximum absolute atomic E-state index is 12.4. The lowest BCUT2D eigenvalue weighted by molar-refractivity contribution is -0.122. The number of ether oxygens (including phenoxy) is 2. The molecule has 2 amide bonds. The number of benzene rings is 2. The fraction of sp³-hybridized carbons (Fsp3) is 0.200. The predicted molar refractivity (Wildman–Crippen MR) is 112 cm³/mol. The van der Waals surface area contributed by atoms with Crippen LogP contribution in [-0.2, 0) is 11.4 Å². The van der Waals surface area contributed by atoms with Gasteiger partial charge in [0, 0.05) is 27.7 Å². The molecule has 8 heteroatoms. The van der Waals surface area contributed by atoms with E-state index >= 15 is 0 Å². The van der Waals surface area contributed by atoms with Crippen LogP contribution in [0.4, 0.5) is 4.79 Å². The molecule has 146 valence electrons. The van der Waals surface area contributed by atoms with E-state index in [2.05, 4.69) is 0 Å². The van der Waals surface area contributed by atoms with Gasteiger partial charge in [-0.3, -0.25) is 14.5 Å². The Morgan fingerprint density at radius 3 is 2.61 bits per heavy atom. The second-order valence-corrected chi connectivity index (χ2v) is 7.67. The summed E-state index contributed by atoms with van der Waals surface area (Å²) in [5.74, 6) is 0.653. The zero-order chi connectivity index (χ0) is 20.3. The number of rotatable bonds is 6. The largest absolute Gasteiger partial charge is 0.493 e. The Morgan fingerprint density at radius 2 is 1.96 bits per heavy atom. The first kappa shape index (κ1) is 20.6. The summed E-state index contributed by atoms with van der Waals surface area (Å²) < 4.78 is 11.4. The van der Waals surface area contributed by atoms with Gasteiger partial charge in [0.25, 0.3) is 11.1 Å². The number of halogens is 2. The number of thioether (sulfide) groups is 1. The summed E-state index contributed by atoms with van der Waals surface area (Å²) >= 11 is 13.1. The molecular weight excluding hydrogens is 421 g/mol. The van der Waals surface area contributed by atoms with Gasteiger partial charge in [-0.15, -0.1) is 0 Å². The fourth-order valence-electron chi connectivity index (χ4n) is 2.66. The normalized spacial score (nSPS) is 15.4. The number of methoxy groups -OCH3 is 1. The summed E-state index contributed by atoms with van der Waals surface area (Å²) in [5, 5.41) is 0.753. The third kappa shape index (κ3) is 4.29. The van der Waals surface area contributed by atoms with Gasteiger partial charge in [-0.2, -0.15) is 0 Å². The van der Waals surface area contributed by atoms with Crippen molar-refractivity contribution in [3.05, 3.63) is 62.5 Å². The van der Waals surface area contributed by atoms with Crippen LogP contribution in [0, 0.1) is 0 Å². The standard InChI is InChI=1S/C20H17Cl2NO4S/c1-3-23-19(24)17(28-20(23)25)9-12-5-4-6-16(26-2)18(12)27-11-13-7-8-14(21)10-15(13)22/h4-10H,3,11H2,1-2H3/b17-9+. The molecule has 0 aliphatic carbocycles. The minimum absolute atomic E-state index is 0.188. The average Bonchev–Trinajstić information content (AvgIpc) is 2.94. The molecule has 1 aliphatic rings. The highest BCUT2D eigenvalue weighted by Gasteiger charge is 2.34. The van der Waals surface area contributed by atoms with Crippen molar-refractivity contribution in [2.45, 2.75) is 13.5 Å². The zero-order valence-corrected chi connectivity index (χ0v) is 17.5. The molecule has 0 radical (unpaired) electrons. The van der Waals surface area contributed by atoms with Crippen LogP contribution >= 0.6 is 35.0 Å². The Morgan fingerprint density at radius 1 is 1.18 bits per heavy atom. The number of para-hydroxylation sites is 1. The minimum atomic E-state index is -0.313. The molecule has 0 unspecified atom stereocenters. The van der Waals surface area contributed by atoms with E-state index in [9.17, 15) is 9.59 Å². The van der Waals surface area contributed by atoms with Crippen molar-refractivity contribution < 1.29 is 19.1 Å².